The van der Waals surface area contributed by atoms with Gasteiger partial charge in [0, 0.05) is 17.3 Å². The Morgan fingerprint density at radius 3 is 2.27 bits per heavy atom. The van der Waals surface area contributed by atoms with Crippen LogP contribution in [-0.4, -0.2) is 14.5 Å². The molecule has 0 saturated heterocycles. The largest absolute Gasteiger partial charge is 0.491 e. The van der Waals surface area contributed by atoms with Crippen molar-refractivity contribution in [2.24, 2.45) is 5.92 Å². The normalized spacial score (nSPS) is 19.4. The number of benzene rings is 4. The van der Waals surface area contributed by atoms with Crippen LogP contribution in [0.3, 0.4) is 0 Å². The summed E-state index contributed by atoms with van der Waals surface area (Å²) in [7, 11) is -3.78. The summed E-state index contributed by atoms with van der Waals surface area (Å²) in [6.45, 7) is 4.04. The van der Waals surface area contributed by atoms with Gasteiger partial charge in [-0.05, 0) is 104 Å². The molecule has 6 rings (SSSR count). The fraction of sp³-hybridized carbons (Fsp3) is 0.212. The van der Waals surface area contributed by atoms with Crippen LogP contribution in [0.2, 0.25) is 0 Å². The number of sulfonamides is 1. The predicted molar refractivity (Wildman–Crippen MR) is 159 cm³/mol. The molecule has 1 heterocycles. The number of hydrogen-bond acceptors (Lipinski definition) is 5. The molecule has 40 heavy (non-hydrogen) atoms. The van der Waals surface area contributed by atoms with Gasteiger partial charge in [0.2, 0.25) is 0 Å². The van der Waals surface area contributed by atoms with Crippen LogP contribution in [0.4, 0.5) is 11.4 Å². The van der Waals surface area contributed by atoms with Crippen LogP contribution < -0.4 is 19.5 Å². The van der Waals surface area contributed by atoms with Crippen molar-refractivity contribution in [1.82, 2.24) is 0 Å². The first-order valence-electron chi connectivity index (χ1n) is 13.6. The molecule has 0 unspecified atom stereocenters. The van der Waals surface area contributed by atoms with E-state index in [1.165, 1.54) is 5.56 Å². The Labute approximate surface area is 235 Å². The fourth-order valence-electron chi connectivity index (χ4n) is 5.53. The lowest BCUT2D eigenvalue weighted by Gasteiger charge is -2.37. The lowest BCUT2D eigenvalue weighted by Crippen LogP contribution is -2.29. The molecule has 0 amide bonds. The summed E-state index contributed by atoms with van der Waals surface area (Å²) in [5.74, 6) is 2.64. The van der Waals surface area contributed by atoms with Gasteiger partial charge >= 0.3 is 0 Å². The number of para-hydroxylation sites is 1. The molecule has 0 aromatic heterocycles. The van der Waals surface area contributed by atoms with E-state index in [1.54, 1.807) is 36.4 Å². The molecule has 6 nitrogen and oxygen atoms in total. The van der Waals surface area contributed by atoms with Crippen LogP contribution >= 0.6 is 0 Å². The minimum atomic E-state index is -3.78. The molecular weight excluding hydrogens is 520 g/mol. The summed E-state index contributed by atoms with van der Waals surface area (Å²) < 4.78 is 41.1. The van der Waals surface area contributed by atoms with Crippen LogP contribution in [0, 0.1) is 5.92 Å². The van der Waals surface area contributed by atoms with E-state index in [9.17, 15) is 8.42 Å². The second-order valence-electron chi connectivity index (χ2n) is 10.5. The summed E-state index contributed by atoms with van der Waals surface area (Å²) in [5, 5.41) is 3.69. The summed E-state index contributed by atoms with van der Waals surface area (Å²) in [6, 6.07) is 30.1. The van der Waals surface area contributed by atoms with Gasteiger partial charge < -0.3 is 14.8 Å². The summed E-state index contributed by atoms with van der Waals surface area (Å²) in [6.07, 6.45) is 5.47. The third kappa shape index (κ3) is 5.42. The van der Waals surface area contributed by atoms with Crippen molar-refractivity contribution in [1.29, 1.82) is 0 Å². The van der Waals surface area contributed by atoms with Crippen molar-refractivity contribution >= 4 is 21.4 Å². The molecule has 4 aromatic rings. The van der Waals surface area contributed by atoms with Crippen LogP contribution in [0.15, 0.2) is 114 Å². The molecular formula is C33H32N2O4S. The van der Waals surface area contributed by atoms with Gasteiger partial charge in [-0.1, -0.05) is 42.5 Å². The number of ether oxygens (including phenoxy) is 2. The first-order valence-corrected chi connectivity index (χ1v) is 15.0. The minimum absolute atomic E-state index is 0.123. The van der Waals surface area contributed by atoms with Gasteiger partial charge in [0.25, 0.3) is 10.0 Å². The van der Waals surface area contributed by atoms with Crippen molar-refractivity contribution in [3.63, 3.8) is 0 Å². The number of allylic oxidation sites excluding steroid dienone is 2. The van der Waals surface area contributed by atoms with Gasteiger partial charge in [-0.15, -0.1) is 0 Å². The number of fused-ring (bicyclic) bond motifs is 3. The van der Waals surface area contributed by atoms with E-state index in [-0.39, 0.29) is 23.0 Å². The molecule has 204 valence electrons. The van der Waals surface area contributed by atoms with Gasteiger partial charge in [0.1, 0.15) is 17.2 Å². The van der Waals surface area contributed by atoms with Crippen molar-refractivity contribution in [3.05, 3.63) is 120 Å². The Balaban J connectivity index is 1.20. The summed E-state index contributed by atoms with van der Waals surface area (Å²) >= 11 is 0. The molecule has 2 aliphatic rings. The molecule has 7 heteroatoms. The molecule has 0 spiro atoms. The molecule has 4 aromatic carbocycles. The lowest BCUT2D eigenvalue weighted by atomic mass is 9.77. The Morgan fingerprint density at radius 2 is 1.55 bits per heavy atom. The van der Waals surface area contributed by atoms with E-state index in [0.717, 1.165) is 29.2 Å². The molecule has 1 aliphatic carbocycles. The standard InChI is InChI=1S/C33H32N2O4S/c1-22(2)38-26-15-11-23(12-16-26)33-30-10-6-9-29(30)31-21-28(19-20-32(31)34-33)40(36,37)35-24-13-17-27(18-14-24)39-25-7-4-3-5-8-25/h3-9,11-22,29-30,33-35H,10H2,1-2H3/t29-,30+,33+/m0/s1. The van der Waals surface area contributed by atoms with E-state index >= 15 is 0 Å². The number of anilines is 2. The molecule has 2 N–H and O–H groups in total. The van der Waals surface area contributed by atoms with Crippen LogP contribution in [-0.2, 0) is 10.0 Å². The van der Waals surface area contributed by atoms with E-state index in [1.807, 2.05) is 62.4 Å². The van der Waals surface area contributed by atoms with Gasteiger partial charge in [-0.25, -0.2) is 8.42 Å². The van der Waals surface area contributed by atoms with Crippen molar-refractivity contribution in [2.45, 2.75) is 43.2 Å². The van der Waals surface area contributed by atoms with Crippen molar-refractivity contribution in [3.8, 4) is 17.2 Å². The van der Waals surface area contributed by atoms with Crippen molar-refractivity contribution < 1.29 is 17.9 Å². The Bertz CT molecular complexity index is 1620. The van der Waals surface area contributed by atoms with Gasteiger partial charge in [-0.3, -0.25) is 4.72 Å². The maximum Gasteiger partial charge on any atom is 0.261 e. The Hall–Kier alpha value is -4.23. The minimum Gasteiger partial charge on any atom is -0.491 e. The van der Waals surface area contributed by atoms with Crippen molar-refractivity contribution in [2.75, 3.05) is 10.0 Å². The average molecular weight is 553 g/mol. The van der Waals surface area contributed by atoms with E-state index < -0.39 is 10.0 Å². The molecule has 3 atom stereocenters. The van der Waals surface area contributed by atoms with Crippen LogP contribution in [0.1, 0.15) is 43.4 Å². The number of hydrogen-bond donors (Lipinski definition) is 2. The van der Waals surface area contributed by atoms with Crippen LogP contribution in [0.5, 0.6) is 17.2 Å². The highest BCUT2D eigenvalue weighted by Crippen LogP contribution is 2.50. The lowest BCUT2D eigenvalue weighted by molar-refractivity contribution is 0.242. The summed E-state index contributed by atoms with van der Waals surface area (Å²) in [5.41, 5.74) is 3.63. The topological polar surface area (TPSA) is 76.7 Å². The molecule has 0 saturated carbocycles. The first kappa shape index (κ1) is 26.0. The van der Waals surface area contributed by atoms with Gasteiger partial charge in [0.05, 0.1) is 17.0 Å². The van der Waals surface area contributed by atoms with Crippen LogP contribution in [0.25, 0.3) is 0 Å². The second kappa shape index (κ2) is 10.7. The molecule has 1 aliphatic heterocycles. The van der Waals surface area contributed by atoms with E-state index in [4.69, 9.17) is 9.47 Å². The van der Waals surface area contributed by atoms with Gasteiger partial charge in [0.15, 0.2) is 0 Å². The zero-order valence-electron chi connectivity index (χ0n) is 22.5. The molecule has 0 fully saturated rings. The maximum absolute atomic E-state index is 13.4. The zero-order valence-corrected chi connectivity index (χ0v) is 23.3. The zero-order chi connectivity index (χ0) is 27.7. The third-order valence-corrected chi connectivity index (χ3v) is 8.72. The van der Waals surface area contributed by atoms with Gasteiger partial charge in [-0.2, -0.15) is 0 Å². The number of nitrogens with one attached hydrogen (secondary N) is 2. The highest BCUT2D eigenvalue weighted by Gasteiger charge is 2.38. The fourth-order valence-corrected chi connectivity index (χ4v) is 6.62. The quantitative estimate of drug-likeness (QED) is 0.217. The first-order chi connectivity index (χ1) is 19.4. The predicted octanol–water partition coefficient (Wildman–Crippen LogP) is 7.89. The Morgan fingerprint density at radius 1 is 0.850 bits per heavy atom. The van der Waals surface area contributed by atoms with E-state index in [2.05, 4.69) is 34.3 Å². The Kier molecular flexibility index (Phi) is 6.98. The molecule has 0 radical (unpaired) electrons. The summed E-state index contributed by atoms with van der Waals surface area (Å²) in [4.78, 5) is 0.241. The monoisotopic (exact) mass is 552 g/mol. The smallest absolute Gasteiger partial charge is 0.261 e. The SMILES string of the molecule is CC(C)Oc1ccc([C@H]2Nc3ccc(S(=O)(=O)Nc4ccc(Oc5ccccc5)cc4)cc3[C@H]3C=CC[C@H]32)cc1. The highest BCUT2D eigenvalue weighted by molar-refractivity contribution is 7.92. The second-order valence-corrected chi connectivity index (χ2v) is 12.2. The number of rotatable bonds is 8. The highest BCUT2D eigenvalue weighted by atomic mass is 32.2. The van der Waals surface area contributed by atoms with E-state index in [0.29, 0.717) is 17.4 Å². The third-order valence-electron chi connectivity index (χ3n) is 7.34. The average Bonchev–Trinajstić information content (AvgIpc) is 3.45. The maximum atomic E-state index is 13.4. The molecule has 0 bridgehead atoms.